The van der Waals surface area contributed by atoms with E-state index in [9.17, 15) is 4.79 Å². The van der Waals surface area contributed by atoms with Crippen molar-refractivity contribution < 1.29 is 9.21 Å². The van der Waals surface area contributed by atoms with Crippen molar-refractivity contribution in [1.29, 1.82) is 0 Å². The van der Waals surface area contributed by atoms with Crippen LogP contribution < -0.4 is 5.32 Å². The second-order valence-corrected chi connectivity index (χ2v) is 7.80. The number of carbonyl (C=O) groups is 1. The molecule has 1 aliphatic carbocycles. The van der Waals surface area contributed by atoms with Gasteiger partial charge in [0.05, 0.1) is 17.7 Å². The summed E-state index contributed by atoms with van der Waals surface area (Å²) in [5.41, 5.74) is 1.15. The maximum atomic E-state index is 12.2. The molecule has 0 bridgehead atoms. The van der Waals surface area contributed by atoms with Crippen molar-refractivity contribution in [1.82, 2.24) is 19.7 Å². The van der Waals surface area contributed by atoms with Gasteiger partial charge in [0.25, 0.3) is 0 Å². The predicted molar refractivity (Wildman–Crippen MR) is 96.8 cm³/mol. The Bertz CT molecular complexity index is 861. The van der Waals surface area contributed by atoms with Crippen LogP contribution in [0.15, 0.2) is 28.0 Å². The van der Waals surface area contributed by atoms with E-state index in [1.807, 2.05) is 17.7 Å². The highest BCUT2D eigenvalue weighted by atomic mass is 32.2. The molecule has 1 aliphatic rings. The Balaban J connectivity index is 1.37. The molecular formula is C16H17N5O2S2. The van der Waals surface area contributed by atoms with E-state index in [2.05, 4.69) is 20.5 Å². The van der Waals surface area contributed by atoms with Crippen molar-refractivity contribution in [2.24, 2.45) is 7.05 Å². The van der Waals surface area contributed by atoms with Crippen LogP contribution in [0.3, 0.4) is 0 Å². The van der Waals surface area contributed by atoms with Gasteiger partial charge < -0.3 is 14.3 Å². The lowest BCUT2D eigenvalue weighted by atomic mass is 10.0. The van der Waals surface area contributed by atoms with Gasteiger partial charge >= 0.3 is 0 Å². The van der Waals surface area contributed by atoms with Crippen LogP contribution in [0, 0.1) is 0 Å². The van der Waals surface area contributed by atoms with Crippen molar-refractivity contribution in [3.63, 3.8) is 0 Å². The van der Waals surface area contributed by atoms with Gasteiger partial charge in [-0.1, -0.05) is 11.8 Å². The van der Waals surface area contributed by atoms with Crippen LogP contribution >= 0.6 is 23.1 Å². The molecule has 25 heavy (non-hydrogen) atoms. The Labute approximate surface area is 152 Å². The minimum Gasteiger partial charge on any atom is -0.461 e. The van der Waals surface area contributed by atoms with Crippen molar-refractivity contribution in [3.8, 4) is 11.6 Å². The molecule has 9 heteroatoms. The first-order valence-electron chi connectivity index (χ1n) is 8.05. The van der Waals surface area contributed by atoms with Crippen LogP contribution in [0.4, 0.5) is 5.13 Å². The quantitative estimate of drug-likeness (QED) is 0.690. The minimum absolute atomic E-state index is 0.0846. The maximum absolute atomic E-state index is 12.2. The third-order valence-electron chi connectivity index (χ3n) is 4.00. The standard InChI is InChI=1S/C16H17N5O2S2/c1-21-14(11-6-4-8-23-11)19-20-16(21)24-9-13(22)18-15-17-10-5-2-3-7-12(10)25-15/h4,6,8H,2-3,5,7,9H2,1H3,(H,17,18,22). The number of anilines is 1. The average Bonchev–Trinajstić information content (AvgIpc) is 3.32. The molecule has 0 spiro atoms. The van der Waals surface area contributed by atoms with E-state index in [1.54, 1.807) is 23.7 Å². The molecule has 3 aromatic rings. The number of aryl methyl sites for hydroxylation is 2. The van der Waals surface area contributed by atoms with E-state index in [4.69, 9.17) is 4.42 Å². The lowest BCUT2D eigenvalue weighted by molar-refractivity contribution is -0.113. The Morgan fingerprint density at radius 2 is 2.28 bits per heavy atom. The molecule has 0 atom stereocenters. The second kappa shape index (κ2) is 7.01. The second-order valence-electron chi connectivity index (χ2n) is 5.78. The number of hydrogen-bond acceptors (Lipinski definition) is 7. The first-order chi connectivity index (χ1) is 12.2. The highest BCUT2D eigenvalue weighted by Gasteiger charge is 2.18. The summed E-state index contributed by atoms with van der Waals surface area (Å²) in [6, 6.07) is 3.63. The Kier molecular flexibility index (Phi) is 4.58. The van der Waals surface area contributed by atoms with E-state index in [1.165, 1.54) is 29.5 Å². The lowest BCUT2D eigenvalue weighted by Crippen LogP contribution is -2.14. The normalized spacial score (nSPS) is 13.6. The Morgan fingerprint density at radius 1 is 1.40 bits per heavy atom. The van der Waals surface area contributed by atoms with E-state index in [0.29, 0.717) is 21.9 Å². The fourth-order valence-corrected chi connectivity index (χ4v) is 4.53. The highest BCUT2D eigenvalue weighted by Crippen LogP contribution is 2.30. The summed E-state index contributed by atoms with van der Waals surface area (Å²) < 4.78 is 7.16. The molecule has 3 heterocycles. The fourth-order valence-electron chi connectivity index (χ4n) is 2.75. The predicted octanol–water partition coefficient (Wildman–Crippen LogP) is 3.14. The lowest BCUT2D eigenvalue weighted by Gasteiger charge is -2.06. The number of nitrogens with one attached hydrogen (secondary N) is 1. The summed E-state index contributed by atoms with van der Waals surface area (Å²) in [7, 11) is 1.85. The van der Waals surface area contributed by atoms with Gasteiger partial charge in [0.15, 0.2) is 21.9 Å². The molecule has 0 unspecified atom stereocenters. The van der Waals surface area contributed by atoms with Crippen molar-refractivity contribution >= 4 is 34.1 Å². The van der Waals surface area contributed by atoms with Crippen LogP contribution in [0.5, 0.6) is 0 Å². The molecule has 0 radical (unpaired) electrons. The van der Waals surface area contributed by atoms with Gasteiger partial charge in [0.1, 0.15) is 0 Å². The number of amides is 1. The first-order valence-corrected chi connectivity index (χ1v) is 9.85. The molecule has 3 aromatic heterocycles. The van der Waals surface area contributed by atoms with E-state index in [-0.39, 0.29) is 11.7 Å². The summed E-state index contributed by atoms with van der Waals surface area (Å²) in [6.07, 6.45) is 6.09. The maximum Gasteiger partial charge on any atom is 0.236 e. The van der Waals surface area contributed by atoms with Crippen LogP contribution in [-0.2, 0) is 24.7 Å². The largest absolute Gasteiger partial charge is 0.461 e. The molecule has 0 saturated carbocycles. The summed E-state index contributed by atoms with van der Waals surface area (Å²) in [5.74, 6) is 1.47. The molecule has 1 N–H and O–H groups in total. The number of thiazole rings is 1. The van der Waals surface area contributed by atoms with Crippen LogP contribution in [-0.4, -0.2) is 31.4 Å². The van der Waals surface area contributed by atoms with E-state index >= 15 is 0 Å². The number of aromatic nitrogens is 4. The SMILES string of the molecule is Cn1c(SCC(=O)Nc2nc3c(s2)CCCC3)nnc1-c1ccco1. The molecule has 0 aromatic carbocycles. The van der Waals surface area contributed by atoms with Gasteiger partial charge in [0, 0.05) is 11.9 Å². The zero-order valence-corrected chi connectivity index (χ0v) is 15.3. The van der Waals surface area contributed by atoms with Gasteiger partial charge in [-0.25, -0.2) is 4.98 Å². The van der Waals surface area contributed by atoms with Crippen molar-refractivity contribution in [3.05, 3.63) is 29.0 Å². The van der Waals surface area contributed by atoms with Gasteiger partial charge in [0.2, 0.25) is 5.91 Å². The fraction of sp³-hybridized carbons (Fsp3) is 0.375. The molecule has 130 valence electrons. The third-order valence-corrected chi connectivity index (χ3v) is 6.09. The van der Waals surface area contributed by atoms with Crippen LogP contribution in [0.1, 0.15) is 23.4 Å². The zero-order valence-electron chi connectivity index (χ0n) is 13.7. The Hall–Kier alpha value is -2.13. The summed E-state index contributed by atoms with van der Waals surface area (Å²) in [4.78, 5) is 18.0. The number of fused-ring (bicyclic) bond motifs is 1. The minimum atomic E-state index is -0.0846. The molecule has 1 amide bonds. The van der Waals surface area contributed by atoms with Gasteiger partial charge in [-0.3, -0.25) is 4.79 Å². The van der Waals surface area contributed by atoms with Crippen molar-refractivity contribution in [2.75, 3.05) is 11.1 Å². The molecule has 0 saturated heterocycles. The molecule has 0 aliphatic heterocycles. The van der Waals surface area contributed by atoms with E-state index in [0.717, 1.165) is 18.5 Å². The average molecular weight is 375 g/mol. The number of hydrogen-bond donors (Lipinski definition) is 1. The highest BCUT2D eigenvalue weighted by molar-refractivity contribution is 7.99. The molecule has 7 nitrogen and oxygen atoms in total. The Morgan fingerprint density at radius 3 is 3.08 bits per heavy atom. The summed E-state index contributed by atoms with van der Waals surface area (Å²) >= 11 is 2.93. The van der Waals surface area contributed by atoms with Crippen LogP contribution in [0.25, 0.3) is 11.6 Å². The number of nitrogens with zero attached hydrogens (tertiary/aromatic N) is 4. The van der Waals surface area contributed by atoms with Gasteiger partial charge in [-0.15, -0.1) is 21.5 Å². The number of carbonyl (C=O) groups excluding carboxylic acids is 1. The molecule has 4 rings (SSSR count). The number of furan rings is 1. The smallest absolute Gasteiger partial charge is 0.236 e. The molecular weight excluding hydrogens is 358 g/mol. The zero-order chi connectivity index (χ0) is 17.2. The first kappa shape index (κ1) is 16.3. The monoisotopic (exact) mass is 375 g/mol. The summed E-state index contributed by atoms with van der Waals surface area (Å²) in [5, 5.41) is 12.5. The summed E-state index contributed by atoms with van der Waals surface area (Å²) in [6.45, 7) is 0. The number of rotatable bonds is 5. The van der Waals surface area contributed by atoms with E-state index < -0.39 is 0 Å². The number of thioether (sulfide) groups is 1. The van der Waals surface area contributed by atoms with Crippen molar-refractivity contribution in [2.45, 2.75) is 30.8 Å². The third kappa shape index (κ3) is 3.47. The molecule has 0 fully saturated rings. The van der Waals surface area contributed by atoms with Gasteiger partial charge in [-0.05, 0) is 37.8 Å². The topological polar surface area (TPSA) is 85.8 Å². The van der Waals surface area contributed by atoms with Crippen LogP contribution in [0.2, 0.25) is 0 Å². The van der Waals surface area contributed by atoms with Gasteiger partial charge in [-0.2, -0.15) is 0 Å².